The lowest BCUT2D eigenvalue weighted by atomic mass is 9.77. The molecule has 2 aliphatic rings. The van der Waals surface area contributed by atoms with E-state index in [1.807, 2.05) is 12.1 Å². The molecule has 2 heterocycles. The van der Waals surface area contributed by atoms with E-state index in [9.17, 15) is 15.0 Å². The van der Waals surface area contributed by atoms with E-state index in [1.54, 1.807) is 24.3 Å². The fourth-order valence-electron chi connectivity index (χ4n) is 3.64. The lowest BCUT2D eigenvalue weighted by Gasteiger charge is -2.37. The first-order valence-corrected chi connectivity index (χ1v) is 7.73. The van der Waals surface area contributed by atoms with Crippen molar-refractivity contribution in [1.29, 1.82) is 0 Å². The van der Waals surface area contributed by atoms with Crippen molar-refractivity contribution in [2.45, 2.75) is 5.60 Å². The highest BCUT2D eigenvalue weighted by atomic mass is 16.6. The van der Waals surface area contributed by atoms with Crippen LogP contribution in [0.4, 0.5) is 0 Å². The molecule has 5 nitrogen and oxygen atoms in total. The van der Waals surface area contributed by atoms with Gasteiger partial charge in [-0.2, -0.15) is 0 Å². The fraction of sp³-hybridized carbons (Fsp3) is 0.0500. The molecule has 122 valence electrons. The van der Waals surface area contributed by atoms with Gasteiger partial charge in [-0.25, -0.2) is 4.79 Å². The van der Waals surface area contributed by atoms with Crippen LogP contribution in [0.5, 0.6) is 23.0 Å². The highest BCUT2D eigenvalue weighted by Gasteiger charge is 2.53. The second-order valence-electron chi connectivity index (χ2n) is 6.03. The van der Waals surface area contributed by atoms with E-state index in [1.165, 1.54) is 24.3 Å². The number of ether oxygens (including phenoxy) is 2. The summed E-state index contributed by atoms with van der Waals surface area (Å²) in [5, 5.41) is 23.6. The molecule has 0 aromatic heterocycles. The Labute approximate surface area is 142 Å². The molecule has 0 amide bonds. The molecule has 5 rings (SSSR count). The number of rotatable bonds is 0. The van der Waals surface area contributed by atoms with E-state index in [0.29, 0.717) is 22.3 Å². The van der Waals surface area contributed by atoms with Crippen LogP contribution in [0.15, 0.2) is 60.7 Å². The summed E-state index contributed by atoms with van der Waals surface area (Å²) in [4.78, 5) is 12.5. The minimum Gasteiger partial charge on any atom is -0.872 e. The van der Waals surface area contributed by atoms with Crippen LogP contribution < -0.4 is 14.9 Å². The van der Waals surface area contributed by atoms with Crippen LogP contribution >= 0.6 is 0 Å². The second-order valence-corrected chi connectivity index (χ2v) is 6.03. The Morgan fingerprint density at radius 1 is 0.760 bits per heavy atom. The van der Waals surface area contributed by atoms with Gasteiger partial charge in [-0.15, -0.1) is 11.5 Å². The monoisotopic (exact) mass is 330 g/mol. The Bertz CT molecular complexity index is 1000. The SMILES string of the molecule is O=C1OC2(c3ccc([O-])cc3Oc3cc([O-])ccc32)c2ccccc21. The summed E-state index contributed by atoms with van der Waals surface area (Å²) in [5.74, 6) is -0.335. The van der Waals surface area contributed by atoms with E-state index < -0.39 is 11.6 Å². The van der Waals surface area contributed by atoms with Gasteiger partial charge in [-0.1, -0.05) is 42.5 Å². The third-order valence-corrected chi connectivity index (χ3v) is 4.66. The Morgan fingerprint density at radius 3 is 2.00 bits per heavy atom. The van der Waals surface area contributed by atoms with Gasteiger partial charge in [0, 0.05) is 16.7 Å². The van der Waals surface area contributed by atoms with Crippen LogP contribution in [-0.2, 0) is 10.3 Å². The molecule has 2 aliphatic heterocycles. The first-order chi connectivity index (χ1) is 12.1. The molecule has 25 heavy (non-hydrogen) atoms. The summed E-state index contributed by atoms with van der Waals surface area (Å²) in [5.41, 5.74) is 1.03. The molecule has 0 radical (unpaired) electrons. The third kappa shape index (κ3) is 1.69. The maximum Gasteiger partial charge on any atom is 0.340 e. The van der Waals surface area contributed by atoms with E-state index in [2.05, 4.69) is 0 Å². The molecule has 1 spiro atoms. The second kappa shape index (κ2) is 4.54. The summed E-state index contributed by atoms with van der Waals surface area (Å²) in [6.07, 6.45) is 0. The van der Waals surface area contributed by atoms with Gasteiger partial charge >= 0.3 is 5.97 Å². The van der Waals surface area contributed by atoms with Gasteiger partial charge in [0.1, 0.15) is 11.5 Å². The van der Waals surface area contributed by atoms with Crippen molar-refractivity contribution in [2.75, 3.05) is 0 Å². The zero-order valence-corrected chi connectivity index (χ0v) is 12.8. The van der Waals surface area contributed by atoms with Crippen LogP contribution in [0, 0.1) is 0 Å². The van der Waals surface area contributed by atoms with Crippen LogP contribution in [0.1, 0.15) is 27.0 Å². The number of benzene rings is 3. The van der Waals surface area contributed by atoms with Gasteiger partial charge in [0.2, 0.25) is 0 Å². The highest BCUT2D eigenvalue weighted by molar-refractivity contribution is 5.97. The van der Waals surface area contributed by atoms with E-state index in [-0.39, 0.29) is 23.0 Å². The number of carbonyl (C=O) groups excluding carboxylic acids is 1. The minimum atomic E-state index is -1.22. The van der Waals surface area contributed by atoms with Crippen LogP contribution in [0.2, 0.25) is 0 Å². The normalized spacial score (nSPS) is 15.8. The number of fused-ring (bicyclic) bond motifs is 6. The summed E-state index contributed by atoms with van der Waals surface area (Å²) in [6, 6.07) is 15.8. The molecular formula is C20H10O5-2. The first-order valence-electron chi connectivity index (χ1n) is 7.73. The molecule has 0 N–H and O–H groups in total. The molecule has 0 fully saturated rings. The highest BCUT2D eigenvalue weighted by Crippen LogP contribution is 2.56. The van der Waals surface area contributed by atoms with Gasteiger partial charge in [0.15, 0.2) is 5.60 Å². The lowest BCUT2D eigenvalue weighted by molar-refractivity contribution is -0.268. The zero-order valence-electron chi connectivity index (χ0n) is 12.8. The average molecular weight is 330 g/mol. The first kappa shape index (κ1) is 13.9. The molecule has 0 saturated carbocycles. The molecule has 0 unspecified atom stereocenters. The summed E-state index contributed by atoms with van der Waals surface area (Å²) >= 11 is 0. The van der Waals surface area contributed by atoms with Gasteiger partial charge < -0.3 is 19.7 Å². The van der Waals surface area contributed by atoms with Gasteiger partial charge in [0.25, 0.3) is 0 Å². The van der Waals surface area contributed by atoms with Crippen molar-refractivity contribution in [2.24, 2.45) is 0 Å². The van der Waals surface area contributed by atoms with Crippen molar-refractivity contribution < 1.29 is 24.5 Å². The number of carbonyl (C=O) groups is 1. The molecular weight excluding hydrogens is 320 g/mol. The maximum absolute atomic E-state index is 12.5. The number of hydrogen-bond donors (Lipinski definition) is 0. The molecule has 3 aromatic carbocycles. The van der Waals surface area contributed by atoms with Crippen LogP contribution in [0.25, 0.3) is 0 Å². The Balaban J connectivity index is 1.91. The van der Waals surface area contributed by atoms with E-state index in [0.717, 1.165) is 0 Å². The Hall–Kier alpha value is -3.47. The number of hydrogen-bond acceptors (Lipinski definition) is 5. The maximum atomic E-state index is 12.5. The van der Waals surface area contributed by atoms with Gasteiger partial charge in [-0.05, 0) is 18.2 Å². The molecule has 0 saturated heterocycles. The predicted molar refractivity (Wildman–Crippen MR) is 83.6 cm³/mol. The summed E-state index contributed by atoms with van der Waals surface area (Å²) < 4.78 is 11.7. The van der Waals surface area contributed by atoms with Gasteiger partial charge in [-0.3, -0.25) is 0 Å². The van der Waals surface area contributed by atoms with Gasteiger partial charge in [0.05, 0.1) is 5.56 Å². The van der Waals surface area contributed by atoms with Crippen molar-refractivity contribution in [3.63, 3.8) is 0 Å². The minimum absolute atomic E-state index is 0.228. The predicted octanol–water partition coefficient (Wildman–Crippen LogP) is 2.40. The summed E-state index contributed by atoms with van der Waals surface area (Å²) in [7, 11) is 0. The molecule has 5 heteroatoms. The molecule has 3 aromatic rings. The van der Waals surface area contributed by atoms with Crippen molar-refractivity contribution in [3.8, 4) is 23.0 Å². The quantitative estimate of drug-likeness (QED) is 0.591. The zero-order chi connectivity index (χ0) is 17.2. The number of esters is 1. The molecule has 0 aliphatic carbocycles. The molecule has 0 atom stereocenters. The Kier molecular flexibility index (Phi) is 2.53. The van der Waals surface area contributed by atoms with E-state index in [4.69, 9.17) is 9.47 Å². The standard InChI is InChI=1S/C20H12O5/c21-11-5-7-15-17(9-11)24-18-10-12(22)6-8-16(18)20(15)14-4-2-1-3-13(14)19(23)25-20/h1-10,21-22H/p-2. The lowest BCUT2D eigenvalue weighted by Crippen LogP contribution is -2.33. The largest absolute Gasteiger partial charge is 0.872 e. The third-order valence-electron chi connectivity index (χ3n) is 4.66. The average Bonchev–Trinajstić information content (AvgIpc) is 2.88. The van der Waals surface area contributed by atoms with Crippen molar-refractivity contribution in [3.05, 3.63) is 82.9 Å². The van der Waals surface area contributed by atoms with Crippen molar-refractivity contribution >= 4 is 5.97 Å². The van der Waals surface area contributed by atoms with Crippen LogP contribution in [-0.4, -0.2) is 5.97 Å². The molecule has 0 bridgehead atoms. The Morgan fingerprint density at radius 2 is 1.36 bits per heavy atom. The summed E-state index contributed by atoms with van der Waals surface area (Å²) in [6.45, 7) is 0. The van der Waals surface area contributed by atoms with Crippen molar-refractivity contribution in [1.82, 2.24) is 0 Å². The smallest absolute Gasteiger partial charge is 0.340 e. The van der Waals surface area contributed by atoms with E-state index >= 15 is 0 Å². The topological polar surface area (TPSA) is 81.7 Å². The fourth-order valence-corrected chi connectivity index (χ4v) is 3.64. The van der Waals surface area contributed by atoms with Crippen LogP contribution in [0.3, 0.4) is 0 Å².